The largest absolute Gasteiger partial charge is 0.0946 e. The molecule has 0 unspecified atom stereocenters. The predicted octanol–water partition coefficient (Wildman–Crippen LogP) is 4.39. The van der Waals surface area contributed by atoms with E-state index in [4.69, 9.17) is 0 Å². The summed E-state index contributed by atoms with van der Waals surface area (Å²) < 4.78 is 0. The first-order chi connectivity index (χ1) is 8.79. The van der Waals surface area contributed by atoms with Crippen LogP contribution in [0.4, 0.5) is 0 Å². The molecule has 0 heteroatoms. The van der Waals surface area contributed by atoms with Crippen LogP contribution in [0.5, 0.6) is 0 Å². The van der Waals surface area contributed by atoms with Crippen molar-refractivity contribution in [2.45, 2.75) is 11.8 Å². The highest BCUT2D eigenvalue weighted by molar-refractivity contribution is 5.68. The van der Waals surface area contributed by atoms with Gasteiger partial charge in [-0.2, -0.15) is 0 Å². The zero-order chi connectivity index (χ0) is 12.3. The Morgan fingerprint density at radius 2 is 0.833 bits per heavy atom. The van der Waals surface area contributed by atoms with E-state index in [-0.39, 0.29) is 0 Å². The van der Waals surface area contributed by atoms with Gasteiger partial charge in [0.15, 0.2) is 0 Å². The summed E-state index contributed by atoms with van der Waals surface area (Å²) in [7, 11) is 0. The molecule has 0 aliphatic heterocycles. The van der Waals surface area contributed by atoms with E-state index in [0.717, 1.165) is 0 Å². The van der Waals surface area contributed by atoms with Crippen molar-refractivity contribution in [3.05, 3.63) is 95.1 Å². The normalized spacial score (nSPS) is 23.8. The van der Waals surface area contributed by atoms with Crippen LogP contribution in [0.2, 0.25) is 0 Å². The summed E-state index contributed by atoms with van der Waals surface area (Å²) in [5.41, 5.74) is 8.05. The molecular formula is C18H14. The maximum Gasteiger partial charge on any atom is 0.0343 e. The van der Waals surface area contributed by atoms with Crippen molar-refractivity contribution in [3.8, 4) is 0 Å². The summed E-state index contributed by atoms with van der Waals surface area (Å²) in [4.78, 5) is 0. The van der Waals surface area contributed by atoms with Crippen molar-refractivity contribution in [2.75, 3.05) is 0 Å². The van der Waals surface area contributed by atoms with Gasteiger partial charge < -0.3 is 0 Å². The molecule has 0 heterocycles. The van der Waals surface area contributed by atoms with Crippen molar-refractivity contribution in [1.29, 1.82) is 0 Å². The van der Waals surface area contributed by atoms with Gasteiger partial charge in [0.25, 0.3) is 0 Å². The third kappa shape index (κ3) is 1.01. The lowest BCUT2D eigenvalue weighted by Crippen LogP contribution is -2.27. The predicted molar refractivity (Wildman–Crippen MR) is 74.9 cm³/mol. The average Bonchev–Trinajstić information content (AvgIpc) is 2.42. The van der Waals surface area contributed by atoms with Crippen LogP contribution in [0.15, 0.2) is 72.8 Å². The molecule has 0 saturated heterocycles. The fourth-order valence-corrected chi connectivity index (χ4v) is 3.53. The first-order valence-corrected chi connectivity index (χ1v) is 6.34. The van der Waals surface area contributed by atoms with Gasteiger partial charge in [-0.3, -0.25) is 0 Å². The van der Waals surface area contributed by atoms with Gasteiger partial charge in [0, 0.05) is 11.8 Å². The molecule has 0 amide bonds. The van der Waals surface area contributed by atoms with Crippen molar-refractivity contribution in [1.82, 2.24) is 0 Å². The summed E-state index contributed by atoms with van der Waals surface area (Å²) in [5, 5.41) is 0. The molecule has 2 aromatic rings. The second-order valence-electron chi connectivity index (χ2n) is 5.17. The Morgan fingerprint density at radius 1 is 0.556 bits per heavy atom. The summed E-state index contributed by atoms with van der Waals surface area (Å²) in [5.74, 6) is 0.629. The van der Waals surface area contributed by atoms with Gasteiger partial charge in [-0.05, 0) is 33.4 Å². The van der Waals surface area contributed by atoms with Crippen LogP contribution in [0.3, 0.4) is 0 Å². The molecule has 0 aromatic heterocycles. The Hall–Kier alpha value is -2.08. The van der Waals surface area contributed by atoms with E-state index in [1.54, 1.807) is 0 Å². The summed E-state index contributed by atoms with van der Waals surface area (Å²) in [6, 6.07) is 17.4. The van der Waals surface area contributed by atoms with Crippen molar-refractivity contribution in [2.24, 2.45) is 0 Å². The summed E-state index contributed by atoms with van der Waals surface area (Å²) in [6.07, 6.45) is 0. The second-order valence-corrected chi connectivity index (χ2v) is 5.17. The molecule has 2 aromatic carbocycles. The molecule has 3 aliphatic rings. The Kier molecular flexibility index (Phi) is 1.78. The van der Waals surface area contributed by atoms with Crippen LogP contribution in [0.25, 0.3) is 0 Å². The van der Waals surface area contributed by atoms with Gasteiger partial charge in [-0.25, -0.2) is 0 Å². The Balaban J connectivity index is 2.12. The molecule has 3 aliphatic carbocycles. The average molecular weight is 230 g/mol. The SMILES string of the molecule is C=C1C(=C)C2c3ccccc3C1c1ccccc12. The van der Waals surface area contributed by atoms with Crippen molar-refractivity contribution in [3.63, 3.8) is 0 Å². The van der Waals surface area contributed by atoms with Crippen LogP contribution in [-0.4, -0.2) is 0 Å². The van der Waals surface area contributed by atoms with E-state index in [2.05, 4.69) is 61.7 Å². The summed E-state index contributed by atoms with van der Waals surface area (Å²) in [6.45, 7) is 8.55. The zero-order valence-electron chi connectivity index (χ0n) is 10.2. The summed E-state index contributed by atoms with van der Waals surface area (Å²) >= 11 is 0. The highest BCUT2D eigenvalue weighted by atomic mass is 14.4. The minimum atomic E-state index is 0.315. The third-order valence-corrected chi connectivity index (χ3v) is 4.35. The molecule has 0 N–H and O–H groups in total. The molecule has 5 rings (SSSR count). The third-order valence-electron chi connectivity index (χ3n) is 4.35. The van der Waals surface area contributed by atoms with E-state index < -0.39 is 0 Å². The highest BCUT2D eigenvalue weighted by Crippen LogP contribution is 2.56. The van der Waals surface area contributed by atoms with Gasteiger partial charge >= 0.3 is 0 Å². The maximum absolute atomic E-state index is 4.28. The highest BCUT2D eigenvalue weighted by Gasteiger charge is 2.41. The number of hydrogen-bond donors (Lipinski definition) is 0. The number of fused-ring (bicyclic) bond motifs is 1. The van der Waals surface area contributed by atoms with E-state index in [0.29, 0.717) is 11.8 Å². The number of rotatable bonds is 0. The lowest BCUT2D eigenvalue weighted by molar-refractivity contribution is 0.744. The maximum atomic E-state index is 4.28. The Morgan fingerprint density at radius 3 is 1.11 bits per heavy atom. The first-order valence-electron chi connectivity index (χ1n) is 6.34. The topological polar surface area (TPSA) is 0 Å². The fourth-order valence-electron chi connectivity index (χ4n) is 3.53. The van der Waals surface area contributed by atoms with Crippen molar-refractivity contribution < 1.29 is 0 Å². The number of hydrogen-bond acceptors (Lipinski definition) is 0. The molecule has 86 valence electrons. The molecule has 0 radical (unpaired) electrons. The van der Waals surface area contributed by atoms with E-state index in [1.165, 1.54) is 33.4 Å². The number of benzene rings is 2. The lowest BCUT2D eigenvalue weighted by Gasteiger charge is -2.43. The molecule has 0 fully saturated rings. The van der Waals surface area contributed by atoms with Gasteiger partial charge in [-0.1, -0.05) is 61.7 Å². The monoisotopic (exact) mass is 230 g/mol. The Labute approximate surface area is 107 Å². The lowest BCUT2D eigenvalue weighted by atomic mass is 9.60. The van der Waals surface area contributed by atoms with E-state index >= 15 is 0 Å². The quantitative estimate of drug-likeness (QED) is 0.629. The minimum Gasteiger partial charge on any atom is -0.0946 e. The van der Waals surface area contributed by atoms with Crippen LogP contribution in [-0.2, 0) is 0 Å². The number of allylic oxidation sites excluding steroid dienone is 2. The van der Waals surface area contributed by atoms with Gasteiger partial charge in [0.2, 0.25) is 0 Å². The molecule has 0 spiro atoms. The van der Waals surface area contributed by atoms with E-state index in [9.17, 15) is 0 Å². The van der Waals surface area contributed by atoms with Gasteiger partial charge in [0.05, 0.1) is 0 Å². The first kappa shape index (κ1) is 9.90. The fraction of sp³-hybridized carbons (Fsp3) is 0.111. The van der Waals surface area contributed by atoms with Gasteiger partial charge in [-0.15, -0.1) is 0 Å². The molecule has 0 saturated carbocycles. The molecular weight excluding hydrogens is 216 g/mol. The van der Waals surface area contributed by atoms with Crippen LogP contribution < -0.4 is 0 Å². The Bertz CT molecular complexity index is 583. The van der Waals surface area contributed by atoms with Crippen LogP contribution in [0, 0.1) is 0 Å². The molecule has 18 heavy (non-hydrogen) atoms. The van der Waals surface area contributed by atoms with Crippen LogP contribution >= 0.6 is 0 Å². The van der Waals surface area contributed by atoms with Crippen LogP contribution in [0.1, 0.15) is 34.1 Å². The standard InChI is InChI=1S/C18H14/c1-11-12(2)18-15-9-5-3-7-13(15)17(11)14-8-4-6-10-16(14)18/h3-10,17-18H,1-2H2. The second kappa shape index (κ2) is 3.23. The molecule has 0 nitrogen and oxygen atoms in total. The smallest absolute Gasteiger partial charge is 0.0343 e. The van der Waals surface area contributed by atoms with Gasteiger partial charge in [0.1, 0.15) is 0 Å². The zero-order valence-corrected chi connectivity index (χ0v) is 10.2. The minimum absolute atomic E-state index is 0.315. The van der Waals surface area contributed by atoms with E-state index in [1.807, 2.05) is 0 Å². The van der Waals surface area contributed by atoms with Crippen molar-refractivity contribution >= 4 is 0 Å². The molecule has 0 atom stereocenters. The molecule has 2 bridgehead atoms.